The molecule has 1 aromatic carbocycles. The molecule has 0 saturated carbocycles. The molecular weight excluding hydrogens is 340 g/mol. The molecule has 0 aliphatic carbocycles. The number of benzene rings is 1. The Morgan fingerprint density at radius 1 is 0.926 bits per heavy atom. The second-order valence-corrected chi connectivity index (χ2v) is 5.84. The van der Waals surface area contributed by atoms with Crippen LogP contribution in [0.25, 0.3) is 12.2 Å². The minimum Gasteiger partial charge on any atom is -0.457 e. The number of nitrogens with one attached hydrogen (secondary N) is 1. The van der Waals surface area contributed by atoms with Crippen molar-refractivity contribution in [2.45, 2.75) is 6.92 Å². The van der Waals surface area contributed by atoms with Crippen molar-refractivity contribution in [1.82, 2.24) is 4.98 Å². The number of rotatable bonds is 6. The predicted molar refractivity (Wildman–Crippen MR) is 105 cm³/mol. The second kappa shape index (κ2) is 8.58. The Bertz CT molecular complexity index is 984. The van der Waals surface area contributed by atoms with Gasteiger partial charge in [-0.15, -0.1) is 0 Å². The molecule has 0 spiro atoms. The SMILES string of the molecule is Cc1ccc(C(=O)/C=C/c2ccc(/C=C/C(=O)Nc3ccccn3)o2)cc1. The Balaban J connectivity index is 1.58. The summed E-state index contributed by atoms with van der Waals surface area (Å²) < 4.78 is 5.57. The molecule has 27 heavy (non-hydrogen) atoms. The van der Waals surface area contributed by atoms with Crippen molar-refractivity contribution in [3.63, 3.8) is 0 Å². The predicted octanol–water partition coefficient (Wildman–Crippen LogP) is 4.53. The van der Waals surface area contributed by atoms with E-state index in [9.17, 15) is 9.59 Å². The lowest BCUT2D eigenvalue weighted by molar-refractivity contribution is -0.111. The highest BCUT2D eigenvalue weighted by atomic mass is 16.3. The summed E-state index contributed by atoms with van der Waals surface area (Å²) in [5.41, 5.74) is 1.72. The van der Waals surface area contributed by atoms with E-state index in [1.165, 1.54) is 12.2 Å². The van der Waals surface area contributed by atoms with E-state index < -0.39 is 0 Å². The van der Waals surface area contributed by atoms with Crippen LogP contribution >= 0.6 is 0 Å². The van der Waals surface area contributed by atoms with Crippen molar-refractivity contribution < 1.29 is 14.0 Å². The molecule has 5 nitrogen and oxygen atoms in total. The van der Waals surface area contributed by atoms with Crippen LogP contribution in [0, 0.1) is 6.92 Å². The van der Waals surface area contributed by atoms with E-state index >= 15 is 0 Å². The van der Waals surface area contributed by atoms with Crippen LogP contribution in [0.4, 0.5) is 5.82 Å². The number of hydrogen-bond donors (Lipinski definition) is 1. The van der Waals surface area contributed by atoms with E-state index in [2.05, 4.69) is 10.3 Å². The summed E-state index contributed by atoms with van der Waals surface area (Å²) >= 11 is 0. The molecule has 1 N–H and O–H groups in total. The molecule has 5 heteroatoms. The molecule has 1 amide bonds. The van der Waals surface area contributed by atoms with Crippen LogP contribution in [0.2, 0.25) is 0 Å². The van der Waals surface area contributed by atoms with Gasteiger partial charge in [0.15, 0.2) is 5.78 Å². The first kappa shape index (κ1) is 18.1. The quantitative estimate of drug-likeness (QED) is 0.519. The Hall–Kier alpha value is -3.73. The lowest BCUT2D eigenvalue weighted by Gasteiger charge is -1.98. The molecule has 134 valence electrons. The van der Waals surface area contributed by atoms with Crippen molar-refractivity contribution in [1.29, 1.82) is 0 Å². The van der Waals surface area contributed by atoms with Gasteiger partial charge in [-0.25, -0.2) is 4.98 Å². The Labute approximate surface area is 157 Å². The number of aromatic nitrogens is 1. The molecule has 0 unspecified atom stereocenters. The molecule has 3 aromatic rings. The summed E-state index contributed by atoms with van der Waals surface area (Å²) in [6, 6.07) is 16.1. The number of furan rings is 1. The number of pyridine rings is 1. The largest absolute Gasteiger partial charge is 0.457 e. The summed E-state index contributed by atoms with van der Waals surface area (Å²) in [5, 5.41) is 2.64. The minimum atomic E-state index is -0.309. The first-order chi connectivity index (χ1) is 13.1. The van der Waals surface area contributed by atoms with Gasteiger partial charge in [0.05, 0.1) is 0 Å². The molecule has 0 aliphatic heterocycles. The van der Waals surface area contributed by atoms with Gasteiger partial charge >= 0.3 is 0 Å². The van der Waals surface area contributed by atoms with Gasteiger partial charge in [0.2, 0.25) is 5.91 Å². The minimum absolute atomic E-state index is 0.0989. The number of hydrogen-bond acceptors (Lipinski definition) is 4. The molecule has 0 atom stereocenters. The van der Waals surface area contributed by atoms with Gasteiger partial charge in [-0.05, 0) is 49.4 Å². The number of amides is 1. The summed E-state index contributed by atoms with van der Waals surface area (Å²) in [6.45, 7) is 1.97. The fourth-order valence-corrected chi connectivity index (χ4v) is 2.28. The van der Waals surface area contributed by atoms with Gasteiger partial charge in [0.25, 0.3) is 0 Å². The fourth-order valence-electron chi connectivity index (χ4n) is 2.28. The average Bonchev–Trinajstić information content (AvgIpc) is 3.14. The maximum atomic E-state index is 12.1. The third kappa shape index (κ3) is 5.37. The van der Waals surface area contributed by atoms with E-state index in [4.69, 9.17) is 4.42 Å². The Morgan fingerprint density at radius 3 is 2.30 bits per heavy atom. The zero-order chi connectivity index (χ0) is 19.1. The number of carbonyl (C=O) groups excluding carboxylic acids is 2. The Morgan fingerprint density at radius 2 is 1.63 bits per heavy atom. The standard InChI is InChI=1S/C22H18N2O3/c1-16-5-7-17(8-6-16)20(25)13-11-18-9-10-19(27-18)12-14-22(26)24-21-4-2-3-15-23-21/h2-15H,1H3,(H,23,24,26)/b13-11+,14-12+. The van der Waals surface area contributed by atoms with Crippen LogP contribution in [0.5, 0.6) is 0 Å². The second-order valence-electron chi connectivity index (χ2n) is 5.84. The molecule has 0 saturated heterocycles. The zero-order valence-electron chi connectivity index (χ0n) is 14.8. The van der Waals surface area contributed by atoms with Gasteiger partial charge in [0, 0.05) is 17.8 Å². The van der Waals surface area contributed by atoms with Gasteiger partial charge in [-0.2, -0.15) is 0 Å². The van der Waals surface area contributed by atoms with Crippen molar-refractivity contribution in [2.75, 3.05) is 5.32 Å². The van der Waals surface area contributed by atoms with Crippen LogP contribution in [-0.4, -0.2) is 16.7 Å². The van der Waals surface area contributed by atoms with Gasteiger partial charge in [0.1, 0.15) is 17.3 Å². The third-order valence-electron chi connectivity index (χ3n) is 3.70. The Kier molecular flexibility index (Phi) is 5.74. The number of ketones is 1. The monoisotopic (exact) mass is 358 g/mol. The number of aryl methyl sites for hydroxylation is 1. The van der Waals surface area contributed by atoms with Crippen molar-refractivity contribution in [2.24, 2.45) is 0 Å². The lowest BCUT2D eigenvalue weighted by Crippen LogP contribution is -2.08. The van der Waals surface area contributed by atoms with Crippen LogP contribution < -0.4 is 5.32 Å². The van der Waals surface area contributed by atoms with Crippen molar-refractivity contribution in [3.05, 3.63) is 95.6 Å². The topological polar surface area (TPSA) is 72.2 Å². The van der Waals surface area contributed by atoms with Gasteiger partial charge in [-0.3, -0.25) is 9.59 Å². The average molecular weight is 358 g/mol. The van der Waals surface area contributed by atoms with Crippen LogP contribution in [-0.2, 0) is 4.79 Å². The first-order valence-electron chi connectivity index (χ1n) is 8.39. The summed E-state index contributed by atoms with van der Waals surface area (Å²) in [5.74, 6) is 1.11. The summed E-state index contributed by atoms with van der Waals surface area (Å²) in [6.07, 6.45) is 7.58. The summed E-state index contributed by atoms with van der Waals surface area (Å²) in [7, 11) is 0. The smallest absolute Gasteiger partial charge is 0.249 e. The maximum Gasteiger partial charge on any atom is 0.249 e. The molecule has 0 fully saturated rings. The number of carbonyl (C=O) groups is 2. The first-order valence-corrected chi connectivity index (χ1v) is 8.39. The fraction of sp³-hybridized carbons (Fsp3) is 0.0455. The van der Waals surface area contributed by atoms with E-state index in [-0.39, 0.29) is 11.7 Å². The molecule has 2 heterocycles. The van der Waals surface area contributed by atoms with Crippen molar-refractivity contribution >= 4 is 29.7 Å². The highest BCUT2D eigenvalue weighted by Crippen LogP contribution is 2.13. The van der Waals surface area contributed by atoms with Crippen molar-refractivity contribution in [3.8, 4) is 0 Å². The molecule has 0 radical (unpaired) electrons. The highest BCUT2D eigenvalue weighted by molar-refractivity contribution is 6.06. The maximum absolute atomic E-state index is 12.1. The molecule has 0 aliphatic rings. The van der Waals surface area contributed by atoms with Crippen LogP contribution in [0.15, 0.2) is 77.4 Å². The summed E-state index contributed by atoms with van der Waals surface area (Å²) in [4.78, 5) is 28.0. The van der Waals surface area contributed by atoms with Crippen LogP contribution in [0.3, 0.4) is 0 Å². The van der Waals surface area contributed by atoms with E-state index in [0.717, 1.165) is 5.56 Å². The van der Waals surface area contributed by atoms with E-state index in [1.807, 2.05) is 19.1 Å². The number of anilines is 1. The lowest BCUT2D eigenvalue weighted by atomic mass is 10.1. The highest BCUT2D eigenvalue weighted by Gasteiger charge is 2.03. The third-order valence-corrected chi connectivity index (χ3v) is 3.70. The normalized spacial score (nSPS) is 11.1. The van der Waals surface area contributed by atoms with Crippen LogP contribution in [0.1, 0.15) is 27.4 Å². The molecule has 2 aromatic heterocycles. The van der Waals surface area contributed by atoms with E-state index in [1.54, 1.807) is 60.8 Å². The number of nitrogens with zero attached hydrogens (tertiary/aromatic N) is 1. The molecule has 0 bridgehead atoms. The zero-order valence-corrected chi connectivity index (χ0v) is 14.8. The molecular formula is C22H18N2O3. The van der Waals surface area contributed by atoms with Gasteiger partial charge in [-0.1, -0.05) is 35.9 Å². The molecule has 3 rings (SSSR count). The number of allylic oxidation sites excluding steroid dienone is 1. The van der Waals surface area contributed by atoms with E-state index in [0.29, 0.717) is 22.9 Å². The van der Waals surface area contributed by atoms with Gasteiger partial charge < -0.3 is 9.73 Å².